The molecule has 0 aliphatic rings. The molecule has 0 radical (unpaired) electrons. The van der Waals surface area contributed by atoms with Crippen LogP contribution in [-0.2, 0) is 11.2 Å². The summed E-state index contributed by atoms with van der Waals surface area (Å²) < 4.78 is 12.8. The van der Waals surface area contributed by atoms with Crippen molar-refractivity contribution in [2.45, 2.75) is 4.90 Å². The van der Waals surface area contributed by atoms with Gasteiger partial charge in [0.1, 0.15) is 6.26 Å². The highest BCUT2D eigenvalue weighted by Gasteiger charge is 2.12. The first-order valence-electron chi connectivity index (χ1n) is 4.80. The Morgan fingerprint density at radius 2 is 1.81 bits per heavy atom. The van der Waals surface area contributed by atoms with Gasteiger partial charge in [0.15, 0.2) is 0 Å². The average Bonchev–Trinajstić information content (AvgIpc) is 2.30. The first kappa shape index (κ1) is 11.0. The van der Waals surface area contributed by atoms with Gasteiger partial charge in [-0.15, -0.1) is 0 Å². The molecule has 0 fully saturated rings. The van der Waals surface area contributed by atoms with Gasteiger partial charge in [0, 0.05) is 18.0 Å². The molecule has 1 unspecified atom stereocenters. The highest BCUT2D eigenvalue weighted by Crippen LogP contribution is 2.07. The summed E-state index contributed by atoms with van der Waals surface area (Å²) in [6, 6.07) is 12.6. The Balaban J connectivity index is 2.60. The molecule has 82 valence electrons. The molecule has 0 amide bonds. The summed E-state index contributed by atoms with van der Waals surface area (Å²) in [5.41, 5.74) is 0.550. The number of nitrogens with zero attached hydrogens (tertiary/aromatic N) is 1. The molecule has 0 aliphatic carbocycles. The number of benzene rings is 1. The lowest BCUT2D eigenvalue weighted by molar-refractivity contribution is 0.599. The standard InChI is InChI=1S/C12H11NO2S/c1-16(15)11-8-5-9-13(12(11)14)10-6-3-2-4-7-10/h2-9H,1H3. The minimum Gasteiger partial charge on any atom is -0.612 e. The molecular formula is C12H11NO2S. The molecule has 0 saturated heterocycles. The third-order valence-electron chi connectivity index (χ3n) is 2.26. The molecular weight excluding hydrogens is 222 g/mol. The number of rotatable bonds is 2. The maximum absolute atomic E-state index is 12.0. The third-order valence-corrected chi connectivity index (χ3v) is 3.19. The Hall–Kier alpha value is -1.52. The summed E-state index contributed by atoms with van der Waals surface area (Å²) in [4.78, 5) is 12.3. The van der Waals surface area contributed by atoms with Crippen molar-refractivity contribution in [3.8, 4) is 5.69 Å². The number of para-hydroxylation sites is 1. The van der Waals surface area contributed by atoms with Crippen LogP contribution in [0.3, 0.4) is 0 Å². The Morgan fingerprint density at radius 1 is 1.12 bits per heavy atom. The number of pyridine rings is 1. The fourth-order valence-electron chi connectivity index (χ4n) is 1.48. The zero-order valence-corrected chi connectivity index (χ0v) is 9.61. The summed E-state index contributed by atoms with van der Waals surface area (Å²) in [7, 11) is 0. The van der Waals surface area contributed by atoms with Gasteiger partial charge in [0.2, 0.25) is 4.90 Å². The normalized spacial score (nSPS) is 12.4. The highest BCUT2D eigenvalue weighted by atomic mass is 32.2. The predicted molar refractivity (Wildman–Crippen MR) is 64.4 cm³/mol. The Kier molecular flexibility index (Phi) is 3.12. The quantitative estimate of drug-likeness (QED) is 0.739. The van der Waals surface area contributed by atoms with E-state index in [2.05, 4.69) is 0 Å². The van der Waals surface area contributed by atoms with E-state index in [0.717, 1.165) is 5.69 Å². The van der Waals surface area contributed by atoms with Crippen LogP contribution >= 0.6 is 0 Å². The second-order valence-corrected chi connectivity index (χ2v) is 4.69. The van der Waals surface area contributed by atoms with Gasteiger partial charge in [0.25, 0.3) is 0 Å². The van der Waals surface area contributed by atoms with Crippen molar-refractivity contribution in [3.63, 3.8) is 0 Å². The number of hydrogen-bond donors (Lipinski definition) is 0. The maximum Gasteiger partial charge on any atom is 0.310 e. The van der Waals surface area contributed by atoms with Crippen LogP contribution < -0.4 is 5.56 Å². The third kappa shape index (κ3) is 2.03. The van der Waals surface area contributed by atoms with E-state index in [-0.39, 0.29) is 5.56 Å². The van der Waals surface area contributed by atoms with Crippen LogP contribution in [0.5, 0.6) is 0 Å². The van der Waals surface area contributed by atoms with E-state index in [1.165, 1.54) is 10.8 Å². The summed E-state index contributed by atoms with van der Waals surface area (Å²) >= 11 is -1.26. The molecule has 1 aromatic heterocycles. The summed E-state index contributed by atoms with van der Waals surface area (Å²) in [5, 5.41) is 0. The van der Waals surface area contributed by atoms with Gasteiger partial charge in [-0.05, 0) is 29.4 Å². The zero-order valence-electron chi connectivity index (χ0n) is 8.79. The van der Waals surface area contributed by atoms with E-state index < -0.39 is 11.2 Å². The van der Waals surface area contributed by atoms with Crippen molar-refractivity contribution in [2.75, 3.05) is 6.26 Å². The van der Waals surface area contributed by atoms with Crippen molar-refractivity contribution in [1.82, 2.24) is 4.57 Å². The minimum absolute atomic E-state index is 0.227. The van der Waals surface area contributed by atoms with Gasteiger partial charge >= 0.3 is 5.56 Å². The molecule has 1 atom stereocenters. The molecule has 0 aliphatic heterocycles. The SMILES string of the molecule is C[S+]([O-])c1cccn(-c2ccccc2)c1=O. The van der Waals surface area contributed by atoms with Gasteiger partial charge in [-0.3, -0.25) is 9.36 Å². The average molecular weight is 233 g/mol. The second-order valence-electron chi connectivity index (χ2n) is 3.34. The predicted octanol–water partition coefficient (Wildman–Crippen LogP) is 1.57. The van der Waals surface area contributed by atoms with E-state index in [1.807, 2.05) is 30.3 Å². The summed E-state index contributed by atoms with van der Waals surface area (Å²) in [6.07, 6.45) is 3.18. The van der Waals surface area contributed by atoms with Gasteiger partial charge in [-0.2, -0.15) is 0 Å². The first-order valence-corrected chi connectivity index (χ1v) is 6.36. The lowest BCUT2D eigenvalue weighted by atomic mass is 10.3. The van der Waals surface area contributed by atoms with Gasteiger partial charge in [-0.1, -0.05) is 18.2 Å². The van der Waals surface area contributed by atoms with Crippen LogP contribution in [0.25, 0.3) is 5.69 Å². The van der Waals surface area contributed by atoms with Crippen molar-refractivity contribution in [2.24, 2.45) is 0 Å². The summed E-state index contributed by atoms with van der Waals surface area (Å²) in [6.45, 7) is 0. The van der Waals surface area contributed by atoms with Gasteiger partial charge in [0.05, 0.1) is 0 Å². The van der Waals surface area contributed by atoms with Crippen LogP contribution in [0.4, 0.5) is 0 Å². The van der Waals surface area contributed by atoms with Crippen LogP contribution in [0.15, 0.2) is 58.4 Å². The van der Waals surface area contributed by atoms with Gasteiger partial charge in [-0.25, -0.2) is 0 Å². The molecule has 4 heteroatoms. The maximum atomic E-state index is 12.0. The van der Waals surface area contributed by atoms with Crippen LogP contribution in [0, 0.1) is 0 Å². The summed E-state index contributed by atoms with van der Waals surface area (Å²) in [5.74, 6) is 0. The Labute approximate surface area is 96.5 Å². The van der Waals surface area contributed by atoms with Gasteiger partial charge < -0.3 is 4.55 Å². The van der Waals surface area contributed by atoms with Crippen LogP contribution in [0.2, 0.25) is 0 Å². The van der Waals surface area contributed by atoms with Crippen molar-refractivity contribution >= 4 is 11.2 Å². The van der Waals surface area contributed by atoms with E-state index in [9.17, 15) is 9.35 Å². The minimum atomic E-state index is -1.26. The molecule has 2 rings (SSSR count). The van der Waals surface area contributed by atoms with Crippen LogP contribution in [0.1, 0.15) is 0 Å². The first-order chi connectivity index (χ1) is 7.70. The Bertz CT molecular complexity index is 534. The molecule has 3 nitrogen and oxygen atoms in total. The molecule has 1 aromatic carbocycles. The highest BCUT2D eigenvalue weighted by molar-refractivity contribution is 7.90. The molecule has 1 heterocycles. The van der Waals surface area contributed by atoms with E-state index >= 15 is 0 Å². The molecule has 0 spiro atoms. The molecule has 16 heavy (non-hydrogen) atoms. The zero-order chi connectivity index (χ0) is 11.5. The smallest absolute Gasteiger partial charge is 0.310 e. The lowest BCUT2D eigenvalue weighted by Crippen LogP contribution is -2.23. The second kappa shape index (κ2) is 4.55. The molecule has 0 saturated carbocycles. The van der Waals surface area contributed by atoms with Crippen LogP contribution in [-0.4, -0.2) is 15.4 Å². The lowest BCUT2D eigenvalue weighted by Gasteiger charge is -2.08. The molecule has 0 bridgehead atoms. The van der Waals surface area contributed by atoms with E-state index in [4.69, 9.17) is 0 Å². The van der Waals surface area contributed by atoms with Crippen molar-refractivity contribution in [1.29, 1.82) is 0 Å². The fourth-order valence-corrected chi connectivity index (χ4v) is 2.10. The Morgan fingerprint density at radius 3 is 2.44 bits per heavy atom. The van der Waals surface area contributed by atoms with Crippen molar-refractivity contribution in [3.05, 3.63) is 59.0 Å². The topological polar surface area (TPSA) is 45.1 Å². The molecule has 2 aromatic rings. The molecule has 0 N–H and O–H groups in total. The largest absolute Gasteiger partial charge is 0.612 e. The van der Waals surface area contributed by atoms with E-state index in [0.29, 0.717) is 4.90 Å². The number of hydrogen-bond acceptors (Lipinski definition) is 2. The number of aromatic nitrogens is 1. The fraction of sp³-hybridized carbons (Fsp3) is 0.0833. The van der Waals surface area contributed by atoms with E-state index in [1.54, 1.807) is 18.3 Å². The van der Waals surface area contributed by atoms with Crippen molar-refractivity contribution < 1.29 is 4.55 Å². The monoisotopic (exact) mass is 233 g/mol.